The van der Waals surface area contributed by atoms with Crippen LogP contribution in [-0.2, 0) is 17.9 Å². The minimum Gasteiger partial charge on any atom is -0.358 e. The number of carbonyl (C=O) groups excluding carboxylic acids is 1. The molecule has 1 N–H and O–H groups in total. The van der Waals surface area contributed by atoms with E-state index in [9.17, 15) is 14.9 Å². The first-order chi connectivity index (χ1) is 12.8. The molecule has 0 unspecified atom stereocenters. The van der Waals surface area contributed by atoms with Crippen molar-refractivity contribution in [1.82, 2.24) is 19.6 Å². The molecule has 2 heterocycles. The summed E-state index contributed by atoms with van der Waals surface area (Å²) in [5.41, 5.74) is 3.14. The van der Waals surface area contributed by atoms with Gasteiger partial charge >= 0.3 is 5.82 Å². The Morgan fingerprint density at radius 1 is 1.22 bits per heavy atom. The number of halogens is 1. The molecule has 27 heavy (non-hydrogen) atoms. The number of carbonyl (C=O) groups is 1. The number of rotatable bonds is 6. The predicted molar refractivity (Wildman–Crippen MR) is 99.8 cm³/mol. The SMILES string of the molecule is Cc1nn(Cc2ccc(Cl)cc2)c(C)c1NC(=O)Cn1ccc([N+](=O)[O-])n1. The second kappa shape index (κ2) is 7.58. The summed E-state index contributed by atoms with van der Waals surface area (Å²) in [6.07, 6.45) is 1.39. The van der Waals surface area contributed by atoms with E-state index in [0.717, 1.165) is 11.3 Å². The molecule has 1 amide bonds. The number of aryl methyl sites for hydroxylation is 1. The Morgan fingerprint density at radius 2 is 1.93 bits per heavy atom. The van der Waals surface area contributed by atoms with Gasteiger partial charge in [-0.1, -0.05) is 23.7 Å². The molecule has 9 nitrogen and oxygen atoms in total. The first kappa shape index (κ1) is 18.6. The minimum absolute atomic E-state index is 0.130. The lowest BCUT2D eigenvalue weighted by atomic mass is 10.2. The summed E-state index contributed by atoms with van der Waals surface area (Å²) in [5.74, 6) is -0.642. The van der Waals surface area contributed by atoms with Gasteiger partial charge in [0.15, 0.2) is 0 Å². The zero-order valence-corrected chi connectivity index (χ0v) is 15.5. The molecule has 0 aliphatic carbocycles. The fourth-order valence-electron chi connectivity index (χ4n) is 2.66. The van der Waals surface area contributed by atoms with Crippen LogP contribution < -0.4 is 5.32 Å². The highest BCUT2D eigenvalue weighted by Crippen LogP contribution is 2.21. The largest absolute Gasteiger partial charge is 0.389 e. The number of aromatic nitrogens is 4. The summed E-state index contributed by atoms with van der Waals surface area (Å²) in [4.78, 5) is 22.3. The van der Waals surface area contributed by atoms with E-state index in [2.05, 4.69) is 15.5 Å². The molecule has 0 radical (unpaired) electrons. The molecule has 3 aromatic rings. The summed E-state index contributed by atoms with van der Waals surface area (Å²) in [5, 5.41) is 22.3. The van der Waals surface area contributed by atoms with Crippen LogP contribution in [0.3, 0.4) is 0 Å². The van der Waals surface area contributed by atoms with Crippen molar-refractivity contribution in [3.63, 3.8) is 0 Å². The van der Waals surface area contributed by atoms with Crippen LogP contribution in [0.5, 0.6) is 0 Å². The van der Waals surface area contributed by atoms with Crippen molar-refractivity contribution in [3.8, 4) is 0 Å². The number of benzene rings is 1. The molecular formula is C17H17ClN6O3. The smallest absolute Gasteiger partial charge is 0.358 e. The monoisotopic (exact) mass is 388 g/mol. The lowest BCUT2D eigenvalue weighted by Gasteiger charge is -2.07. The number of nitrogens with one attached hydrogen (secondary N) is 1. The van der Waals surface area contributed by atoms with Crippen molar-refractivity contribution in [2.75, 3.05) is 5.32 Å². The summed E-state index contributed by atoms with van der Waals surface area (Å²) >= 11 is 5.90. The quantitative estimate of drug-likeness (QED) is 0.516. The number of hydrogen-bond donors (Lipinski definition) is 1. The number of amides is 1. The molecular weight excluding hydrogens is 372 g/mol. The fourth-order valence-corrected chi connectivity index (χ4v) is 2.78. The van der Waals surface area contributed by atoms with Gasteiger partial charge in [-0.05, 0) is 36.5 Å². The van der Waals surface area contributed by atoms with Gasteiger partial charge in [-0.2, -0.15) is 9.78 Å². The molecule has 0 aliphatic rings. The molecule has 0 saturated carbocycles. The van der Waals surface area contributed by atoms with Crippen LogP contribution >= 0.6 is 11.6 Å². The zero-order valence-electron chi connectivity index (χ0n) is 14.7. The molecule has 1 aromatic carbocycles. The lowest BCUT2D eigenvalue weighted by Crippen LogP contribution is -2.20. The first-order valence-corrected chi connectivity index (χ1v) is 8.47. The maximum Gasteiger partial charge on any atom is 0.389 e. The normalized spacial score (nSPS) is 10.8. The maximum atomic E-state index is 12.3. The van der Waals surface area contributed by atoms with Crippen LogP contribution in [0, 0.1) is 24.0 Å². The molecule has 2 aromatic heterocycles. The average molecular weight is 389 g/mol. The number of nitrogens with zero attached hydrogens (tertiary/aromatic N) is 5. The van der Waals surface area contributed by atoms with E-state index < -0.39 is 4.92 Å². The summed E-state index contributed by atoms with van der Waals surface area (Å²) in [7, 11) is 0. The Kier molecular flexibility index (Phi) is 5.22. The van der Waals surface area contributed by atoms with Gasteiger partial charge in [0, 0.05) is 5.02 Å². The Hall–Kier alpha value is -3.20. The van der Waals surface area contributed by atoms with Crippen LogP contribution in [0.2, 0.25) is 5.02 Å². The summed E-state index contributed by atoms with van der Waals surface area (Å²) in [6.45, 7) is 4.09. The third kappa shape index (κ3) is 4.32. The molecule has 0 bridgehead atoms. The van der Waals surface area contributed by atoms with E-state index in [4.69, 9.17) is 11.6 Å². The van der Waals surface area contributed by atoms with Crippen molar-refractivity contribution >= 4 is 29.0 Å². The third-order valence-electron chi connectivity index (χ3n) is 4.01. The van der Waals surface area contributed by atoms with Gasteiger partial charge < -0.3 is 15.4 Å². The van der Waals surface area contributed by atoms with Gasteiger partial charge in [0.05, 0.1) is 41.0 Å². The Balaban J connectivity index is 1.70. The Bertz CT molecular complexity index is 993. The van der Waals surface area contributed by atoms with Gasteiger partial charge in [0.25, 0.3) is 0 Å². The molecule has 3 rings (SSSR count). The van der Waals surface area contributed by atoms with E-state index in [1.807, 2.05) is 31.2 Å². The molecule has 0 spiro atoms. The van der Waals surface area contributed by atoms with Crippen molar-refractivity contribution < 1.29 is 9.72 Å². The highest BCUT2D eigenvalue weighted by atomic mass is 35.5. The van der Waals surface area contributed by atoms with Crippen LogP contribution in [0.1, 0.15) is 17.0 Å². The van der Waals surface area contributed by atoms with E-state index in [1.54, 1.807) is 11.6 Å². The van der Waals surface area contributed by atoms with Gasteiger partial charge in [0.1, 0.15) is 6.54 Å². The second-order valence-electron chi connectivity index (χ2n) is 6.01. The van der Waals surface area contributed by atoms with Gasteiger partial charge in [-0.15, -0.1) is 0 Å². The van der Waals surface area contributed by atoms with Gasteiger partial charge in [-0.3, -0.25) is 9.48 Å². The van der Waals surface area contributed by atoms with E-state index >= 15 is 0 Å². The van der Waals surface area contributed by atoms with Crippen LogP contribution in [0.4, 0.5) is 11.5 Å². The predicted octanol–water partition coefficient (Wildman–Crippen LogP) is 2.95. The topological polar surface area (TPSA) is 108 Å². The Labute approximate surface area is 159 Å². The van der Waals surface area contributed by atoms with Gasteiger partial charge in [-0.25, -0.2) is 0 Å². The van der Waals surface area contributed by atoms with Crippen molar-refractivity contribution in [2.45, 2.75) is 26.9 Å². The lowest BCUT2D eigenvalue weighted by molar-refractivity contribution is -0.389. The standard InChI is InChI=1S/C17H17ClN6O3/c1-11-17(19-16(25)10-22-8-7-15(21-22)24(26)27)12(2)23(20-11)9-13-3-5-14(18)6-4-13/h3-8H,9-10H2,1-2H3,(H,19,25). The summed E-state index contributed by atoms with van der Waals surface area (Å²) in [6, 6.07) is 8.71. The third-order valence-corrected chi connectivity index (χ3v) is 4.26. The molecule has 0 saturated heterocycles. The molecule has 0 aliphatic heterocycles. The van der Waals surface area contributed by atoms with E-state index in [1.165, 1.54) is 16.9 Å². The minimum atomic E-state index is -0.608. The summed E-state index contributed by atoms with van der Waals surface area (Å²) < 4.78 is 3.02. The van der Waals surface area contributed by atoms with Gasteiger partial charge in [0.2, 0.25) is 5.91 Å². The Morgan fingerprint density at radius 3 is 2.56 bits per heavy atom. The highest BCUT2D eigenvalue weighted by molar-refractivity contribution is 6.30. The number of nitro groups is 1. The molecule has 10 heteroatoms. The van der Waals surface area contributed by atoms with Crippen molar-refractivity contribution in [1.29, 1.82) is 0 Å². The first-order valence-electron chi connectivity index (χ1n) is 8.09. The van der Waals surface area contributed by atoms with Crippen molar-refractivity contribution in [2.24, 2.45) is 0 Å². The van der Waals surface area contributed by atoms with Crippen LogP contribution in [0.25, 0.3) is 0 Å². The fraction of sp³-hybridized carbons (Fsp3) is 0.235. The average Bonchev–Trinajstić information content (AvgIpc) is 3.18. The number of anilines is 1. The highest BCUT2D eigenvalue weighted by Gasteiger charge is 2.17. The molecule has 0 fully saturated rings. The van der Waals surface area contributed by atoms with Crippen molar-refractivity contribution in [3.05, 3.63) is 68.6 Å². The maximum absolute atomic E-state index is 12.3. The second-order valence-corrected chi connectivity index (χ2v) is 6.44. The molecule has 140 valence electrons. The van der Waals surface area contributed by atoms with E-state index in [-0.39, 0.29) is 18.3 Å². The zero-order chi connectivity index (χ0) is 19.6. The molecule has 0 atom stereocenters. The van der Waals surface area contributed by atoms with E-state index in [0.29, 0.717) is 22.9 Å². The number of hydrogen-bond acceptors (Lipinski definition) is 5. The van der Waals surface area contributed by atoms with Crippen LogP contribution in [0.15, 0.2) is 36.5 Å². The van der Waals surface area contributed by atoms with Crippen LogP contribution in [-0.4, -0.2) is 30.4 Å².